The van der Waals surface area contributed by atoms with Gasteiger partial charge in [0.05, 0.1) is 17.1 Å². The number of hydrogen-bond donors (Lipinski definition) is 1. The van der Waals surface area contributed by atoms with Crippen molar-refractivity contribution in [1.82, 2.24) is 9.66 Å². The van der Waals surface area contributed by atoms with Crippen molar-refractivity contribution >= 4 is 33.2 Å². The number of imidazole rings is 1. The van der Waals surface area contributed by atoms with E-state index in [0.717, 1.165) is 27.1 Å². The van der Waals surface area contributed by atoms with Gasteiger partial charge in [0.2, 0.25) is 0 Å². The largest absolute Gasteiger partial charge is 0.293 e. The van der Waals surface area contributed by atoms with Crippen LogP contribution in [0.4, 0.5) is 5.69 Å². The lowest BCUT2D eigenvalue weighted by atomic mass is 10.1. The second-order valence-electron chi connectivity index (χ2n) is 4.68. The average molecular weight is 363 g/mol. The SMILES string of the molecule is Cc1ncn(Nc2cccc(Cl)c2)c1-c1cccc(Br)c1. The van der Waals surface area contributed by atoms with E-state index in [9.17, 15) is 0 Å². The standard InChI is InChI=1S/C16H13BrClN3/c1-11-16(12-4-2-5-13(17)8-12)21(10-19-11)20-15-7-3-6-14(18)9-15/h2-10,20H,1H3. The molecule has 0 aliphatic rings. The lowest BCUT2D eigenvalue weighted by Gasteiger charge is -2.12. The summed E-state index contributed by atoms with van der Waals surface area (Å²) in [6.07, 6.45) is 1.77. The van der Waals surface area contributed by atoms with E-state index in [1.807, 2.05) is 48.0 Å². The van der Waals surface area contributed by atoms with Gasteiger partial charge in [0, 0.05) is 15.1 Å². The minimum atomic E-state index is 0.695. The second-order valence-corrected chi connectivity index (χ2v) is 6.03. The molecular formula is C16H13BrClN3. The van der Waals surface area contributed by atoms with E-state index in [-0.39, 0.29) is 0 Å². The van der Waals surface area contributed by atoms with Crippen LogP contribution in [-0.4, -0.2) is 9.66 Å². The van der Waals surface area contributed by atoms with Crippen LogP contribution in [0.3, 0.4) is 0 Å². The predicted octanol–water partition coefficient (Wildman–Crippen LogP) is 5.15. The van der Waals surface area contributed by atoms with Gasteiger partial charge in [-0.2, -0.15) is 0 Å². The van der Waals surface area contributed by atoms with Crippen molar-refractivity contribution in [3.05, 3.63) is 70.0 Å². The van der Waals surface area contributed by atoms with E-state index >= 15 is 0 Å². The van der Waals surface area contributed by atoms with Crippen LogP contribution in [0.25, 0.3) is 11.3 Å². The highest BCUT2D eigenvalue weighted by molar-refractivity contribution is 9.10. The summed E-state index contributed by atoms with van der Waals surface area (Å²) in [5, 5.41) is 0.695. The van der Waals surface area contributed by atoms with Crippen LogP contribution >= 0.6 is 27.5 Å². The fourth-order valence-electron chi connectivity index (χ4n) is 2.20. The number of aryl methyl sites for hydroxylation is 1. The molecule has 3 aromatic rings. The number of nitrogens with zero attached hydrogens (tertiary/aromatic N) is 2. The molecule has 2 aromatic carbocycles. The molecule has 106 valence electrons. The Bertz CT molecular complexity index is 783. The first kappa shape index (κ1) is 14.2. The first-order valence-corrected chi connectivity index (χ1v) is 7.63. The van der Waals surface area contributed by atoms with Gasteiger partial charge in [-0.15, -0.1) is 0 Å². The van der Waals surface area contributed by atoms with E-state index in [2.05, 4.69) is 38.5 Å². The molecule has 0 aliphatic carbocycles. The normalized spacial score (nSPS) is 10.6. The first-order valence-electron chi connectivity index (χ1n) is 6.46. The Labute approximate surface area is 136 Å². The van der Waals surface area contributed by atoms with E-state index < -0.39 is 0 Å². The maximum atomic E-state index is 6.02. The molecule has 1 aromatic heterocycles. The molecule has 1 N–H and O–H groups in total. The Balaban J connectivity index is 2.01. The summed E-state index contributed by atoms with van der Waals surface area (Å²) in [6.45, 7) is 1.99. The molecular weight excluding hydrogens is 350 g/mol. The Kier molecular flexibility index (Phi) is 3.99. The molecule has 0 fully saturated rings. The van der Waals surface area contributed by atoms with E-state index in [1.54, 1.807) is 6.33 Å². The molecule has 0 atom stereocenters. The number of benzene rings is 2. The monoisotopic (exact) mass is 361 g/mol. The van der Waals surface area contributed by atoms with Crippen LogP contribution < -0.4 is 5.43 Å². The highest BCUT2D eigenvalue weighted by Gasteiger charge is 2.10. The summed E-state index contributed by atoms with van der Waals surface area (Å²) < 4.78 is 2.94. The Morgan fingerprint density at radius 3 is 2.71 bits per heavy atom. The third kappa shape index (κ3) is 3.12. The number of hydrogen-bond acceptors (Lipinski definition) is 2. The average Bonchev–Trinajstić information content (AvgIpc) is 2.80. The number of anilines is 1. The van der Waals surface area contributed by atoms with Gasteiger partial charge in [0.15, 0.2) is 0 Å². The second kappa shape index (κ2) is 5.92. The molecule has 0 amide bonds. The number of nitrogens with one attached hydrogen (secondary N) is 1. The van der Waals surface area contributed by atoms with Gasteiger partial charge in [-0.25, -0.2) is 9.66 Å². The maximum Gasteiger partial charge on any atom is 0.115 e. The van der Waals surface area contributed by atoms with Crippen molar-refractivity contribution in [3.63, 3.8) is 0 Å². The van der Waals surface area contributed by atoms with E-state index in [4.69, 9.17) is 11.6 Å². The summed E-state index contributed by atoms with van der Waals surface area (Å²) in [4.78, 5) is 4.39. The van der Waals surface area contributed by atoms with Crippen LogP contribution in [0.2, 0.25) is 5.02 Å². The highest BCUT2D eigenvalue weighted by atomic mass is 79.9. The molecule has 3 nitrogen and oxygen atoms in total. The van der Waals surface area contributed by atoms with Crippen LogP contribution in [0.15, 0.2) is 59.3 Å². The summed E-state index contributed by atoms with van der Waals surface area (Å²) in [5.41, 5.74) is 7.30. The fourth-order valence-corrected chi connectivity index (χ4v) is 2.79. The molecule has 21 heavy (non-hydrogen) atoms. The Hall–Kier alpha value is -1.78. The molecule has 0 saturated carbocycles. The van der Waals surface area contributed by atoms with Crippen LogP contribution in [0.1, 0.15) is 5.69 Å². The number of rotatable bonds is 3. The summed E-state index contributed by atoms with van der Waals surface area (Å²) in [6, 6.07) is 15.7. The Morgan fingerprint density at radius 2 is 1.95 bits per heavy atom. The van der Waals surface area contributed by atoms with Crippen LogP contribution in [0.5, 0.6) is 0 Å². The predicted molar refractivity (Wildman–Crippen MR) is 90.6 cm³/mol. The summed E-state index contributed by atoms with van der Waals surface area (Å²) in [7, 11) is 0. The smallest absolute Gasteiger partial charge is 0.115 e. The Morgan fingerprint density at radius 1 is 1.14 bits per heavy atom. The third-order valence-electron chi connectivity index (χ3n) is 3.12. The minimum Gasteiger partial charge on any atom is -0.293 e. The molecule has 5 heteroatoms. The van der Waals surface area contributed by atoms with Crippen LogP contribution in [-0.2, 0) is 0 Å². The summed E-state index contributed by atoms with van der Waals surface area (Å²) >= 11 is 9.53. The van der Waals surface area contributed by atoms with E-state index in [1.165, 1.54) is 0 Å². The van der Waals surface area contributed by atoms with Crippen molar-refractivity contribution < 1.29 is 0 Å². The third-order valence-corrected chi connectivity index (χ3v) is 3.85. The molecule has 0 unspecified atom stereocenters. The molecule has 0 spiro atoms. The van der Waals surface area contributed by atoms with Crippen molar-refractivity contribution in [1.29, 1.82) is 0 Å². The zero-order valence-corrected chi connectivity index (χ0v) is 13.7. The topological polar surface area (TPSA) is 29.9 Å². The lowest BCUT2D eigenvalue weighted by molar-refractivity contribution is 0.962. The fraction of sp³-hybridized carbons (Fsp3) is 0.0625. The summed E-state index contributed by atoms with van der Waals surface area (Å²) in [5.74, 6) is 0. The molecule has 0 saturated heterocycles. The van der Waals surface area contributed by atoms with Gasteiger partial charge in [0.1, 0.15) is 6.33 Å². The zero-order chi connectivity index (χ0) is 14.8. The van der Waals surface area contributed by atoms with Gasteiger partial charge in [0.25, 0.3) is 0 Å². The number of halogens is 2. The van der Waals surface area contributed by atoms with Gasteiger partial charge < -0.3 is 0 Å². The lowest BCUT2D eigenvalue weighted by Crippen LogP contribution is -2.09. The molecule has 1 heterocycles. The van der Waals surface area contributed by atoms with Crippen molar-refractivity contribution in [2.75, 3.05) is 5.43 Å². The van der Waals surface area contributed by atoms with Crippen molar-refractivity contribution in [2.24, 2.45) is 0 Å². The molecule has 3 rings (SSSR count). The van der Waals surface area contributed by atoms with Gasteiger partial charge in [-0.3, -0.25) is 5.43 Å². The van der Waals surface area contributed by atoms with Gasteiger partial charge in [-0.05, 0) is 37.3 Å². The van der Waals surface area contributed by atoms with Gasteiger partial charge >= 0.3 is 0 Å². The highest BCUT2D eigenvalue weighted by Crippen LogP contribution is 2.26. The van der Waals surface area contributed by atoms with Gasteiger partial charge in [-0.1, -0.05) is 45.7 Å². The zero-order valence-electron chi connectivity index (χ0n) is 11.3. The maximum absolute atomic E-state index is 6.02. The quantitative estimate of drug-likeness (QED) is 0.698. The minimum absolute atomic E-state index is 0.695. The van der Waals surface area contributed by atoms with Crippen molar-refractivity contribution in [3.8, 4) is 11.3 Å². The molecule has 0 bridgehead atoms. The van der Waals surface area contributed by atoms with Crippen molar-refractivity contribution in [2.45, 2.75) is 6.92 Å². The number of aromatic nitrogens is 2. The van der Waals surface area contributed by atoms with Crippen LogP contribution in [0, 0.1) is 6.92 Å². The first-order chi connectivity index (χ1) is 10.1. The molecule has 0 aliphatic heterocycles. The molecule has 0 radical (unpaired) electrons. The van der Waals surface area contributed by atoms with E-state index in [0.29, 0.717) is 5.02 Å².